The number of aryl methyl sites for hydroxylation is 2. The third-order valence-corrected chi connectivity index (χ3v) is 4.85. The van der Waals surface area contributed by atoms with E-state index in [0.29, 0.717) is 24.7 Å². The van der Waals surface area contributed by atoms with Crippen molar-refractivity contribution in [3.8, 4) is 5.82 Å². The van der Waals surface area contributed by atoms with Gasteiger partial charge in [-0.25, -0.2) is 4.68 Å². The van der Waals surface area contributed by atoms with Crippen LogP contribution in [0.2, 0.25) is 0 Å². The smallest absolute Gasteiger partial charge is 0.244 e. The van der Waals surface area contributed by atoms with Gasteiger partial charge in [0.25, 0.3) is 0 Å². The van der Waals surface area contributed by atoms with E-state index in [9.17, 15) is 4.79 Å². The van der Waals surface area contributed by atoms with Crippen LogP contribution in [0.15, 0.2) is 42.5 Å². The van der Waals surface area contributed by atoms with Crippen LogP contribution in [0, 0.1) is 27.7 Å². The first-order chi connectivity index (χ1) is 14.0. The second kappa shape index (κ2) is 9.14. The first-order valence-electron chi connectivity index (χ1n) is 9.58. The number of rotatable bonds is 7. The molecule has 150 valence electrons. The van der Waals surface area contributed by atoms with Crippen LogP contribution in [0.1, 0.15) is 28.1 Å². The van der Waals surface area contributed by atoms with Crippen molar-refractivity contribution in [3.63, 3.8) is 0 Å². The molecule has 0 saturated carbocycles. The number of amides is 1. The van der Waals surface area contributed by atoms with Gasteiger partial charge in [0.15, 0.2) is 5.82 Å². The zero-order chi connectivity index (χ0) is 20.8. The molecule has 0 radical (unpaired) electrons. The van der Waals surface area contributed by atoms with Gasteiger partial charge in [0, 0.05) is 24.9 Å². The lowest BCUT2D eigenvalue weighted by molar-refractivity contribution is -0.116. The number of hydrogen-bond acceptors (Lipinski definition) is 5. The molecule has 0 aliphatic rings. The molecule has 0 atom stereocenters. The van der Waals surface area contributed by atoms with Crippen LogP contribution in [-0.4, -0.2) is 39.0 Å². The zero-order valence-electron chi connectivity index (χ0n) is 17.2. The van der Waals surface area contributed by atoms with Gasteiger partial charge in [0.1, 0.15) is 5.82 Å². The minimum Gasteiger partial charge on any atom is -0.367 e. The van der Waals surface area contributed by atoms with Crippen LogP contribution in [0.3, 0.4) is 0 Å². The zero-order valence-corrected chi connectivity index (χ0v) is 17.2. The molecule has 2 aromatic heterocycles. The average molecular weight is 390 g/mol. The maximum Gasteiger partial charge on any atom is 0.244 e. The average Bonchev–Trinajstić information content (AvgIpc) is 2.98. The first-order valence-corrected chi connectivity index (χ1v) is 9.58. The number of carbonyl (C=O) groups is 1. The molecule has 29 heavy (non-hydrogen) atoms. The summed E-state index contributed by atoms with van der Waals surface area (Å²) in [6.07, 6.45) is 3.37. The molecule has 0 aliphatic carbocycles. The van der Waals surface area contributed by atoms with Crippen molar-refractivity contribution in [3.05, 3.63) is 70.6 Å². The van der Waals surface area contributed by atoms with Crippen LogP contribution in [-0.2, 0) is 4.79 Å². The predicted molar refractivity (Wildman–Crippen MR) is 115 cm³/mol. The van der Waals surface area contributed by atoms with E-state index in [1.54, 1.807) is 10.8 Å². The monoisotopic (exact) mass is 390 g/mol. The standard InChI is InChI=1S/C22H26N6O/c1-15-7-5-6-8-19(15)9-12-22(29)24-14-13-23-20-10-11-21(26-25-20)28-18(4)16(2)17(3)27-28/h5-12H,13-14H2,1-4H3,(H,23,25)(H,24,29)/b12-9+. The van der Waals surface area contributed by atoms with Gasteiger partial charge in [-0.2, -0.15) is 5.10 Å². The Kier molecular flexibility index (Phi) is 6.39. The number of benzene rings is 1. The van der Waals surface area contributed by atoms with Gasteiger partial charge in [-0.05, 0) is 62.6 Å². The van der Waals surface area contributed by atoms with Crippen LogP contribution in [0.4, 0.5) is 5.82 Å². The highest BCUT2D eigenvalue weighted by Crippen LogP contribution is 2.15. The number of anilines is 1. The Morgan fingerprint density at radius 1 is 1.03 bits per heavy atom. The quantitative estimate of drug-likeness (QED) is 0.478. The molecular formula is C22H26N6O. The minimum atomic E-state index is -0.128. The van der Waals surface area contributed by atoms with Gasteiger partial charge < -0.3 is 10.6 Å². The molecule has 0 spiro atoms. The highest BCUT2D eigenvalue weighted by atomic mass is 16.1. The molecule has 3 aromatic rings. The molecular weight excluding hydrogens is 364 g/mol. The highest BCUT2D eigenvalue weighted by molar-refractivity contribution is 5.91. The predicted octanol–water partition coefficient (Wildman–Crippen LogP) is 3.14. The number of carbonyl (C=O) groups excluding carboxylic acids is 1. The summed E-state index contributed by atoms with van der Waals surface area (Å²) >= 11 is 0. The van der Waals surface area contributed by atoms with Crippen LogP contribution in [0.5, 0.6) is 0 Å². The van der Waals surface area contributed by atoms with Crippen molar-refractivity contribution in [2.24, 2.45) is 0 Å². The lowest BCUT2D eigenvalue weighted by atomic mass is 10.1. The van der Waals surface area contributed by atoms with Gasteiger partial charge in [-0.1, -0.05) is 24.3 Å². The summed E-state index contributed by atoms with van der Waals surface area (Å²) < 4.78 is 1.79. The molecule has 1 aromatic carbocycles. The third kappa shape index (κ3) is 5.07. The molecule has 7 heteroatoms. The maximum atomic E-state index is 11.9. The molecule has 0 aliphatic heterocycles. The molecule has 0 saturated heterocycles. The van der Waals surface area contributed by atoms with Crippen molar-refractivity contribution in [2.75, 3.05) is 18.4 Å². The SMILES string of the molecule is Cc1ccccc1/C=C/C(=O)NCCNc1ccc(-n2nc(C)c(C)c2C)nn1. The lowest BCUT2D eigenvalue weighted by Crippen LogP contribution is -2.27. The number of aromatic nitrogens is 4. The fourth-order valence-corrected chi connectivity index (χ4v) is 2.85. The molecule has 2 heterocycles. The first kappa shape index (κ1) is 20.3. The largest absolute Gasteiger partial charge is 0.367 e. The molecule has 0 fully saturated rings. The number of nitrogens with zero attached hydrogens (tertiary/aromatic N) is 4. The normalized spacial score (nSPS) is 11.0. The van der Waals surface area contributed by atoms with Crippen LogP contribution in [0.25, 0.3) is 11.9 Å². The summed E-state index contributed by atoms with van der Waals surface area (Å²) in [7, 11) is 0. The van der Waals surface area contributed by atoms with E-state index in [-0.39, 0.29) is 5.91 Å². The summed E-state index contributed by atoms with van der Waals surface area (Å²) in [5.41, 5.74) is 5.36. The van der Waals surface area contributed by atoms with Crippen molar-refractivity contribution in [1.29, 1.82) is 0 Å². The summed E-state index contributed by atoms with van der Waals surface area (Å²) in [6, 6.07) is 11.7. The minimum absolute atomic E-state index is 0.128. The maximum absolute atomic E-state index is 11.9. The van der Waals surface area contributed by atoms with Crippen molar-refractivity contribution in [2.45, 2.75) is 27.7 Å². The lowest BCUT2D eigenvalue weighted by Gasteiger charge is -2.07. The Labute approximate surface area is 170 Å². The highest BCUT2D eigenvalue weighted by Gasteiger charge is 2.10. The van der Waals surface area contributed by atoms with E-state index in [0.717, 1.165) is 28.1 Å². The van der Waals surface area contributed by atoms with Crippen LogP contribution >= 0.6 is 0 Å². The molecule has 3 rings (SSSR count). The Morgan fingerprint density at radius 3 is 2.48 bits per heavy atom. The summed E-state index contributed by atoms with van der Waals surface area (Å²) in [5.74, 6) is 1.20. The van der Waals surface area contributed by atoms with E-state index in [1.165, 1.54) is 0 Å². The Hall–Kier alpha value is -3.48. The second-order valence-electron chi connectivity index (χ2n) is 6.89. The van der Waals surface area contributed by atoms with Gasteiger partial charge in [0.2, 0.25) is 5.91 Å². The van der Waals surface area contributed by atoms with Crippen molar-refractivity contribution in [1.82, 2.24) is 25.3 Å². The fourth-order valence-electron chi connectivity index (χ4n) is 2.85. The fraction of sp³-hybridized carbons (Fsp3) is 0.273. The summed E-state index contributed by atoms with van der Waals surface area (Å²) in [6.45, 7) is 9.09. The number of hydrogen-bond donors (Lipinski definition) is 2. The van der Waals surface area contributed by atoms with Gasteiger partial charge >= 0.3 is 0 Å². The molecule has 0 unspecified atom stereocenters. The third-order valence-electron chi connectivity index (χ3n) is 4.85. The molecule has 7 nitrogen and oxygen atoms in total. The summed E-state index contributed by atoms with van der Waals surface area (Å²) in [5, 5.41) is 18.9. The van der Waals surface area contributed by atoms with Crippen molar-refractivity contribution < 1.29 is 4.79 Å². The van der Waals surface area contributed by atoms with E-state index in [1.807, 2.05) is 70.2 Å². The molecule has 1 amide bonds. The van der Waals surface area contributed by atoms with Gasteiger partial charge in [0.05, 0.1) is 5.69 Å². The topological polar surface area (TPSA) is 84.7 Å². The van der Waals surface area contributed by atoms with Crippen LogP contribution < -0.4 is 10.6 Å². The second-order valence-corrected chi connectivity index (χ2v) is 6.89. The Morgan fingerprint density at radius 2 is 1.83 bits per heavy atom. The van der Waals surface area contributed by atoms with Crippen molar-refractivity contribution >= 4 is 17.8 Å². The Balaban J connectivity index is 1.46. The van der Waals surface area contributed by atoms with Gasteiger partial charge in [-0.15, -0.1) is 10.2 Å². The molecule has 2 N–H and O–H groups in total. The number of nitrogens with one attached hydrogen (secondary N) is 2. The molecule has 0 bridgehead atoms. The Bertz CT molecular complexity index is 1020. The van der Waals surface area contributed by atoms with E-state index in [2.05, 4.69) is 25.9 Å². The van der Waals surface area contributed by atoms with E-state index in [4.69, 9.17) is 0 Å². The van der Waals surface area contributed by atoms with E-state index < -0.39 is 0 Å². The van der Waals surface area contributed by atoms with Gasteiger partial charge in [-0.3, -0.25) is 4.79 Å². The summed E-state index contributed by atoms with van der Waals surface area (Å²) in [4.78, 5) is 11.9. The van der Waals surface area contributed by atoms with E-state index >= 15 is 0 Å².